The number of alkyl halides is 3. The zero-order valence-electron chi connectivity index (χ0n) is 10.2. The lowest BCUT2D eigenvalue weighted by Gasteiger charge is -2.22. The number of aliphatic carboxylic acids is 1. The molecule has 0 fully saturated rings. The van der Waals surface area contributed by atoms with Crippen LogP contribution in [0.5, 0.6) is 0 Å². The van der Waals surface area contributed by atoms with Crippen LogP contribution in [0.3, 0.4) is 0 Å². The molecule has 0 aromatic heterocycles. The molecule has 18 heavy (non-hydrogen) atoms. The van der Waals surface area contributed by atoms with Gasteiger partial charge in [-0.1, -0.05) is 13.8 Å². The van der Waals surface area contributed by atoms with E-state index in [0.717, 1.165) is 4.90 Å². The third-order valence-corrected chi connectivity index (χ3v) is 2.74. The van der Waals surface area contributed by atoms with Gasteiger partial charge in [-0.05, 0) is 5.92 Å². The molecule has 0 bridgehead atoms. The maximum atomic E-state index is 11.9. The average molecular weight is 287 g/mol. The first-order chi connectivity index (χ1) is 8.11. The van der Waals surface area contributed by atoms with E-state index in [1.165, 1.54) is 0 Å². The Morgan fingerprint density at radius 1 is 1.33 bits per heavy atom. The molecule has 0 atom stereocenters. The Morgan fingerprint density at radius 3 is 2.28 bits per heavy atom. The maximum Gasteiger partial charge on any atom is 0.397 e. The van der Waals surface area contributed by atoms with E-state index in [0.29, 0.717) is 11.8 Å². The number of carboxylic acid groups (broad SMARTS) is 1. The first kappa shape index (κ1) is 17.1. The number of nitrogens with zero attached hydrogens (tertiary/aromatic N) is 1. The van der Waals surface area contributed by atoms with Gasteiger partial charge in [-0.2, -0.15) is 13.2 Å². The van der Waals surface area contributed by atoms with Crippen LogP contribution in [0.1, 0.15) is 13.8 Å². The molecular weight excluding hydrogens is 271 g/mol. The van der Waals surface area contributed by atoms with E-state index in [-0.39, 0.29) is 18.2 Å². The van der Waals surface area contributed by atoms with Crippen molar-refractivity contribution in [2.24, 2.45) is 5.92 Å². The van der Waals surface area contributed by atoms with E-state index >= 15 is 0 Å². The molecule has 0 saturated carbocycles. The van der Waals surface area contributed by atoms with E-state index in [2.05, 4.69) is 0 Å². The summed E-state index contributed by atoms with van der Waals surface area (Å²) in [4.78, 5) is 23.2. The van der Waals surface area contributed by atoms with E-state index in [4.69, 9.17) is 5.11 Å². The third kappa shape index (κ3) is 9.15. The molecule has 0 aromatic carbocycles. The summed E-state index contributed by atoms with van der Waals surface area (Å²) in [5, 5.41) is 8.62. The Kier molecular flexibility index (Phi) is 7.12. The second-order valence-electron chi connectivity index (χ2n) is 4.17. The number of thioether (sulfide) groups is 1. The van der Waals surface area contributed by atoms with Gasteiger partial charge in [0, 0.05) is 6.54 Å². The number of hydrogen-bond donors (Lipinski definition) is 1. The topological polar surface area (TPSA) is 57.6 Å². The van der Waals surface area contributed by atoms with Gasteiger partial charge in [0.25, 0.3) is 0 Å². The maximum absolute atomic E-state index is 11.9. The molecule has 1 amide bonds. The minimum atomic E-state index is -4.32. The lowest BCUT2D eigenvalue weighted by molar-refractivity contribution is -0.143. The fourth-order valence-electron chi connectivity index (χ4n) is 1.20. The van der Waals surface area contributed by atoms with Crippen molar-refractivity contribution >= 4 is 23.6 Å². The first-order valence-electron chi connectivity index (χ1n) is 5.26. The van der Waals surface area contributed by atoms with Crippen LogP contribution in [0.4, 0.5) is 13.2 Å². The fourth-order valence-corrected chi connectivity index (χ4v) is 1.89. The van der Waals surface area contributed by atoms with Gasteiger partial charge in [0.05, 0.1) is 11.5 Å². The third-order valence-electron chi connectivity index (χ3n) is 1.76. The number of amides is 1. The van der Waals surface area contributed by atoms with Crippen LogP contribution in [0.25, 0.3) is 0 Å². The summed E-state index contributed by atoms with van der Waals surface area (Å²) < 4.78 is 35.7. The standard InChI is InChI=1S/C10H16F3NO3S/c1-7(2)3-14(4-9(16)17)8(15)5-18-6-10(11,12)13/h7H,3-6H2,1-2H3,(H,16,17). The lowest BCUT2D eigenvalue weighted by atomic mass is 10.2. The molecule has 8 heteroatoms. The highest BCUT2D eigenvalue weighted by molar-refractivity contribution is 8.00. The van der Waals surface area contributed by atoms with Gasteiger partial charge in [0.1, 0.15) is 6.54 Å². The van der Waals surface area contributed by atoms with E-state index < -0.39 is 30.4 Å². The predicted octanol–water partition coefficient (Wildman–Crippen LogP) is 1.85. The molecule has 0 aliphatic rings. The summed E-state index contributed by atoms with van der Waals surface area (Å²) in [5.74, 6) is -3.17. The van der Waals surface area contributed by atoms with E-state index in [9.17, 15) is 22.8 Å². The van der Waals surface area contributed by atoms with Crippen LogP contribution in [0, 0.1) is 5.92 Å². The Balaban J connectivity index is 4.25. The van der Waals surface area contributed by atoms with Crippen LogP contribution in [-0.2, 0) is 9.59 Å². The molecule has 4 nitrogen and oxygen atoms in total. The zero-order valence-corrected chi connectivity index (χ0v) is 11.0. The number of carboxylic acids is 1. The van der Waals surface area contributed by atoms with Crippen molar-refractivity contribution in [1.29, 1.82) is 0 Å². The Bertz CT molecular complexity index is 295. The number of halogens is 3. The molecule has 0 aliphatic heterocycles. The highest BCUT2D eigenvalue weighted by atomic mass is 32.2. The lowest BCUT2D eigenvalue weighted by Crippen LogP contribution is -2.39. The van der Waals surface area contributed by atoms with Crippen molar-refractivity contribution in [3.8, 4) is 0 Å². The SMILES string of the molecule is CC(C)CN(CC(=O)O)C(=O)CSCC(F)(F)F. The predicted molar refractivity (Wildman–Crippen MR) is 62.4 cm³/mol. The summed E-state index contributed by atoms with van der Waals surface area (Å²) in [6, 6.07) is 0. The van der Waals surface area contributed by atoms with Crippen molar-refractivity contribution in [1.82, 2.24) is 4.90 Å². The molecule has 0 heterocycles. The van der Waals surface area contributed by atoms with Crippen LogP contribution in [0.2, 0.25) is 0 Å². The number of hydrogen-bond acceptors (Lipinski definition) is 3. The van der Waals surface area contributed by atoms with Gasteiger partial charge >= 0.3 is 12.1 Å². The zero-order chi connectivity index (χ0) is 14.3. The quantitative estimate of drug-likeness (QED) is 0.776. The van der Waals surface area contributed by atoms with Crippen molar-refractivity contribution in [2.45, 2.75) is 20.0 Å². The van der Waals surface area contributed by atoms with Crippen molar-refractivity contribution < 1.29 is 27.9 Å². The Hall–Kier alpha value is -0.920. The highest BCUT2D eigenvalue weighted by Crippen LogP contribution is 2.21. The Labute approximate surface area is 108 Å². The summed E-state index contributed by atoms with van der Waals surface area (Å²) in [6.45, 7) is 3.33. The summed E-state index contributed by atoms with van der Waals surface area (Å²) in [6.07, 6.45) is -4.32. The van der Waals surface area contributed by atoms with Gasteiger partial charge in [0.2, 0.25) is 5.91 Å². The molecular formula is C10H16F3NO3S. The monoisotopic (exact) mass is 287 g/mol. The van der Waals surface area contributed by atoms with Crippen LogP contribution < -0.4 is 0 Å². The second-order valence-corrected chi connectivity index (χ2v) is 5.16. The minimum absolute atomic E-state index is 0.0564. The van der Waals surface area contributed by atoms with Gasteiger partial charge in [0.15, 0.2) is 0 Å². The first-order valence-corrected chi connectivity index (χ1v) is 6.41. The normalized spacial score (nSPS) is 11.7. The van der Waals surface area contributed by atoms with Gasteiger partial charge < -0.3 is 10.0 Å². The van der Waals surface area contributed by atoms with Crippen LogP contribution in [-0.4, -0.2) is 52.7 Å². The number of carbonyl (C=O) groups excluding carboxylic acids is 1. The van der Waals surface area contributed by atoms with E-state index in [1.54, 1.807) is 13.8 Å². The molecule has 0 aromatic rings. The van der Waals surface area contributed by atoms with E-state index in [1.807, 2.05) is 0 Å². The van der Waals surface area contributed by atoms with Crippen LogP contribution in [0.15, 0.2) is 0 Å². The number of carbonyl (C=O) groups is 2. The smallest absolute Gasteiger partial charge is 0.397 e. The highest BCUT2D eigenvalue weighted by Gasteiger charge is 2.28. The molecule has 1 N–H and O–H groups in total. The van der Waals surface area contributed by atoms with Gasteiger partial charge in [-0.15, -0.1) is 11.8 Å². The number of rotatable bonds is 7. The van der Waals surface area contributed by atoms with Crippen molar-refractivity contribution in [2.75, 3.05) is 24.6 Å². The molecule has 0 spiro atoms. The second kappa shape index (κ2) is 7.50. The van der Waals surface area contributed by atoms with Crippen molar-refractivity contribution in [3.05, 3.63) is 0 Å². The minimum Gasteiger partial charge on any atom is -0.480 e. The van der Waals surface area contributed by atoms with Crippen molar-refractivity contribution in [3.63, 3.8) is 0 Å². The summed E-state index contributed by atoms with van der Waals surface area (Å²) >= 11 is 0.442. The molecule has 0 unspecified atom stereocenters. The molecule has 0 rings (SSSR count). The van der Waals surface area contributed by atoms with Gasteiger partial charge in [-0.25, -0.2) is 0 Å². The Morgan fingerprint density at radius 2 is 1.89 bits per heavy atom. The summed E-state index contributed by atoms with van der Waals surface area (Å²) in [5.41, 5.74) is 0. The van der Waals surface area contributed by atoms with Crippen LogP contribution >= 0.6 is 11.8 Å². The van der Waals surface area contributed by atoms with Gasteiger partial charge in [-0.3, -0.25) is 9.59 Å². The largest absolute Gasteiger partial charge is 0.480 e. The average Bonchev–Trinajstić information content (AvgIpc) is 2.12. The molecule has 0 saturated heterocycles. The molecule has 0 radical (unpaired) electrons. The molecule has 0 aliphatic carbocycles. The molecule has 106 valence electrons. The summed E-state index contributed by atoms with van der Waals surface area (Å²) in [7, 11) is 0. The fraction of sp³-hybridized carbons (Fsp3) is 0.800.